The van der Waals surface area contributed by atoms with Crippen molar-refractivity contribution in [1.82, 2.24) is 19.6 Å². The summed E-state index contributed by atoms with van der Waals surface area (Å²) < 4.78 is 0. The number of hydrogen-bond donors (Lipinski definition) is 0. The number of hydrogen-bond acceptors (Lipinski definition) is 4. The molecule has 0 saturated carbocycles. The maximum Gasteiger partial charge on any atom is 0.0109 e. The molecule has 0 N–H and O–H groups in total. The standard InChI is InChI=1S/C15H32N4/c1-16-6-3-8-18-10-5-11-19(15-14-18)9-4-7-17(2)13-12-16/h3-15H2,1-2H3. The summed E-state index contributed by atoms with van der Waals surface area (Å²) in [5, 5.41) is 0. The summed E-state index contributed by atoms with van der Waals surface area (Å²) in [7, 11) is 4.54. The van der Waals surface area contributed by atoms with E-state index in [2.05, 4.69) is 33.7 Å². The average Bonchev–Trinajstić information content (AvgIpc) is 2.62. The molecule has 0 aromatic rings. The highest BCUT2D eigenvalue weighted by Gasteiger charge is 2.15. The van der Waals surface area contributed by atoms with Crippen LogP contribution in [0.2, 0.25) is 0 Å². The molecule has 2 atom stereocenters. The van der Waals surface area contributed by atoms with Crippen LogP contribution < -0.4 is 0 Å². The molecule has 0 radical (unpaired) electrons. The number of likely N-dealkylation sites (N-methyl/N-ethyl adjacent to an activating group) is 2. The molecule has 0 spiro atoms. The minimum atomic E-state index is 1.21. The lowest BCUT2D eigenvalue weighted by molar-refractivity contribution is 0.206. The first kappa shape index (κ1) is 15.2. The Labute approximate surface area is 119 Å². The first-order chi connectivity index (χ1) is 9.24. The molecule has 2 aliphatic rings. The molecule has 0 aromatic heterocycles. The molecule has 0 amide bonds. The summed E-state index contributed by atoms with van der Waals surface area (Å²) in [6.45, 7) is 12.6. The van der Waals surface area contributed by atoms with Crippen LogP contribution in [0.4, 0.5) is 0 Å². The van der Waals surface area contributed by atoms with Crippen LogP contribution in [0.3, 0.4) is 0 Å². The third-order valence-corrected chi connectivity index (χ3v) is 4.57. The summed E-state index contributed by atoms with van der Waals surface area (Å²) in [5.74, 6) is 0. The topological polar surface area (TPSA) is 13.0 Å². The van der Waals surface area contributed by atoms with E-state index in [0.29, 0.717) is 0 Å². The highest BCUT2D eigenvalue weighted by molar-refractivity contribution is 4.71. The third-order valence-electron chi connectivity index (χ3n) is 4.57. The van der Waals surface area contributed by atoms with Crippen molar-refractivity contribution in [3.05, 3.63) is 0 Å². The Hall–Kier alpha value is -0.160. The molecule has 2 unspecified atom stereocenters. The highest BCUT2D eigenvalue weighted by Crippen LogP contribution is 2.06. The van der Waals surface area contributed by atoms with Gasteiger partial charge in [-0.1, -0.05) is 0 Å². The smallest absolute Gasteiger partial charge is 0.0109 e. The van der Waals surface area contributed by atoms with Gasteiger partial charge in [-0.3, -0.25) is 0 Å². The van der Waals surface area contributed by atoms with E-state index in [1.165, 1.54) is 84.7 Å². The first-order valence-electron chi connectivity index (χ1n) is 8.06. The van der Waals surface area contributed by atoms with E-state index in [1.54, 1.807) is 0 Å². The van der Waals surface area contributed by atoms with Gasteiger partial charge in [0.05, 0.1) is 0 Å². The van der Waals surface area contributed by atoms with Crippen molar-refractivity contribution in [3.8, 4) is 0 Å². The molecule has 4 heteroatoms. The van der Waals surface area contributed by atoms with E-state index in [1.807, 2.05) is 0 Å². The zero-order valence-corrected chi connectivity index (χ0v) is 13.0. The number of fused-ring (bicyclic) bond motifs is 3. The van der Waals surface area contributed by atoms with E-state index in [9.17, 15) is 0 Å². The average molecular weight is 268 g/mol. The van der Waals surface area contributed by atoms with Crippen LogP contribution in [-0.2, 0) is 0 Å². The lowest BCUT2D eigenvalue weighted by Gasteiger charge is -2.26. The molecule has 19 heavy (non-hydrogen) atoms. The van der Waals surface area contributed by atoms with Gasteiger partial charge in [0, 0.05) is 26.2 Å². The van der Waals surface area contributed by atoms with E-state index in [-0.39, 0.29) is 0 Å². The van der Waals surface area contributed by atoms with Crippen LogP contribution in [0.15, 0.2) is 0 Å². The Morgan fingerprint density at radius 1 is 0.421 bits per heavy atom. The van der Waals surface area contributed by atoms with E-state index >= 15 is 0 Å². The zero-order chi connectivity index (χ0) is 13.5. The summed E-state index contributed by atoms with van der Waals surface area (Å²) >= 11 is 0. The molecule has 0 aromatic carbocycles. The second-order valence-electron chi connectivity index (χ2n) is 6.35. The molecule has 112 valence electrons. The van der Waals surface area contributed by atoms with Gasteiger partial charge in [0.1, 0.15) is 0 Å². The minimum Gasteiger partial charge on any atom is -0.305 e. The lowest BCUT2D eigenvalue weighted by atomic mass is 10.3. The number of nitrogens with zero attached hydrogens (tertiary/aromatic N) is 4. The first-order valence-corrected chi connectivity index (χ1v) is 8.06. The van der Waals surface area contributed by atoms with Crippen LogP contribution in [0.1, 0.15) is 19.3 Å². The summed E-state index contributed by atoms with van der Waals surface area (Å²) in [5.41, 5.74) is 0. The SMILES string of the molecule is CN1CCCN2CCCN(CCCN(C)CC1)CC2. The fraction of sp³-hybridized carbons (Fsp3) is 1.00. The summed E-state index contributed by atoms with van der Waals surface area (Å²) in [4.78, 5) is 10.3. The van der Waals surface area contributed by atoms with Crippen molar-refractivity contribution in [3.63, 3.8) is 0 Å². The monoisotopic (exact) mass is 268 g/mol. The highest BCUT2D eigenvalue weighted by atomic mass is 15.2. The lowest BCUT2D eigenvalue weighted by Crippen LogP contribution is -2.37. The fourth-order valence-electron chi connectivity index (χ4n) is 3.17. The van der Waals surface area contributed by atoms with E-state index in [4.69, 9.17) is 0 Å². The van der Waals surface area contributed by atoms with Crippen LogP contribution in [0, 0.1) is 0 Å². The second-order valence-corrected chi connectivity index (χ2v) is 6.35. The maximum atomic E-state index is 2.67. The van der Waals surface area contributed by atoms with Crippen molar-refractivity contribution in [1.29, 1.82) is 0 Å². The van der Waals surface area contributed by atoms with Gasteiger partial charge in [-0.15, -0.1) is 0 Å². The van der Waals surface area contributed by atoms with Crippen molar-refractivity contribution in [2.24, 2.45) is 0 Å². The summed E-state index contributed by atoms with van der Waals surface area (Å²) in [6, 6.07) is 0. The van der Waals surface area contributed by atoms with Gasteiger partial charge in [0.15, 0.2) is 0 Å². The van der Waals surface area contributed by atoms with Crippen molar-refractivity contribution in [2.75, 3.05) is 79.5 Å². The molecule has 0 aliphatic carbocycles. The van der Waals surface area contributed by atoms with Crippen LogP contribution in [-0.4, -0.2) is 99.1 Å². The maximum absolute atomic E-state index is 2.67. The zero-order valence-electron chi connectivity index (χ0n) is 13.0. The van der Waals surface area contributed by atoms with Gasteiger partial charge >= 0.3 is 0 Å². The molecule has 4 nitrogen and oxygen atoms in total. The molecule has 2 rings (SSSR count). The van der Waals surface area contributed by atoms with Crippen molar-refractivity contribution < 1.29 is 0 Å². The molecule has 2 aliphatic heterocycles. The molecule has 2 heterocycles. The fourth-order valence-corrected chi connectivity index (χ4v) is 3.17. The van der Waals surface area contributed by atoms with Gasteiger partial charge in [-0.2, -0.15) is 0 Å². The minimum absolute atomic E-state index is 1.21. The quantitative estimate of drug-likeness (QED) is 0.639. The van der Waals surface area contributed by atoms with Gasteiger partial charge in [0.2, 0.25) is 0 Å². The van der Waals surface area contributed by atoms with Gasteiger partial charge < -0.3 is 19.6 Å². The summed E-state index contributed by atoms with van der Waals surface area (Å²) in [6.07, 6.45) is 3.99. The molecule has 2 bridgehead atoms. The number of rotatable bonds is 0. The van der Waals surface area contributed by atoms with Gasteiger partial charge in [-0.05, 0) is 72.6 Å². The van der Waals surface area contributed by atoms with E-state index < -0.39 is 0 Å². The Morgan fingerprint density at radius 3 is 1.21 bits per heavy atom. The van der Waals surface area contributed by atoms with Crippen molar-refractivity contribution >= 4 is 0 Å². The largest absolute Gasteiger partial charge is 0.305 e. The van der Waals surface area contributed by atoms with Crippen LogP contribution >= 0.6 is 0 Å². The third kappa shape index (κ3) is 5.78. The van der Waals surface area contributed by atoms with Gasteiger partial charge in [-0.25, -0.2) is 0 Å². The Morgan fingerprint density at radius 2 is 0.789 bits per heavy atom. The van der Waals surface area contributed by atoms with Crippen LogP contribution in [0.25, 0.3) is 0 Å². The Balaban J connectivity index is 1.85. The Kier molecular flexibility index (Phi) is 6.57. The predicted molar refractivity (Wildman–Crippen MR) is 81.7 cm³/mol. The molecule has 2 fully saturated rings. The Bertz CT molecular complexity index is 222. The predicted octanol–water partition coefficient (Wildman–Crippen LogP) is 0.652. The second kappa shape index (κ2) is 8.20. The molecular weight excluding hydrogens is 236 g/mol. The van der Waals surface area contributed by atoms with Gasteiger partial charge in [0.25, 0.3) is 0 Å². The normalized spacial score (nSPS) is 33.8. The van der Waals surface area contributed by atoms with E-state index in [0.717, 1.165) is 0 Å². The molecule has 2 saturated heterocycles. The van der Waals surface area contributed by atoms with Crippen LogP contribution in [0.5, 0.6) is 0 Å². The van der Waals surface area contributed by atoms with Crippen molar-refractivity contribution in [2.45, 2.75) is 19.3 Å². The molecular formula is C15H32N4.